The second kappa shape index (κ2) is 8.26. The summed E-state index contributed by atoms with van der Waals surface area (Å²) in [6.45, 7) is 3.10. The van der Waals surface area contributed by atoms with Gasteiger partial charge in [0.15, 0.2) is 0 Å². The molecular weight excluding hydrogens is 361 g/mol. The van der Waals surface area contributed by atoms with Crippen LogP contribution < -0.4 is 16.0 Å². The average molecular weight is 379 g/mol. The summed E-state index contributed by atoms with van der Waals surface area (Å²) in [4.78, 5) is 32.0. The summed E-state index contributed by atoms with van der Waals surface area (Å²) in [5, 5.41) is 8.42. The second-order valence-electron chi connectivity index (χ2n) is 6.03. The number of anilines is 4. The van der Waals surface area contributed by atoms with E-state index in [9.17, 15) is 14.0 Å². The van der Waals surface area contributed by atoms with Crippen LogP contribution in [0.5, 0.6) is 0 Å². The Labute approximate surface area is 161 Å². The maximum Gasteiger partial charge on any atom is 0.274 e. The van der Waals surface area contributed by atoms with E-state index < -0.39 is 5.91 Å². The molecule has 0 fully saturated rings. The Hall–Kier alpha value is -3.81. The zero-order chi connectivity index (χ0) is 20.1. The van der Waals surface area contributed by atoms with E-state index in [-0.39, 0.29) is 17.4 Å². The van der Waals surface area contributed by atoms with Crippen LogP contribution in [0.4, 0.5) is 27.3 Å². The lowest BCUT2D eigenvalue weighted by Crippen LogP contribution is -2.15. The molecule has 1 heterocycles. The summed E-state index contributed by atoms with van der Waals surface area (Å²) >= 11 is 0. The van der Waals surface area contributed by atoms with Crippen molar-refractivity contribution in [1.29, 1.82) is 0 Å². The van der Waals surface area contributed by atoms with E-state index in [1.807, 2.05) is 0 Å². The van der Waals surface area contributed by atoms with E-state index in [0.717, 1.165) is 0 Å². The first kappa shape index (κ1) is 19.0. The molecule has 28 heavy (non-hydrogen) atoms. The molecule has 2 amide bonds. The topological polar surface area (TPSA) is 96.0 Å². The zero-order valence-corrected chi connectivity index (χ0v) is 15.3. The third-order valence-corrected chi connectivity index (χ3v) is 3.65. The van der Waals surface area contributed by atoms with Crippen LogP contribution in [0.25, 0.3) is 0 Å². The highest BCUT2D eigenvalue weighted by Crippen LogP contribution is 2.18. The molecule has 2 aromatic carbocycles. The summed E-state index contributed by atoms with van der Waals surface area (Å²) in [5.41, 5.74) is 2.01. The van der Waals surface area contributed by atoms with Gasteiger partial charge < -0.3 is 16.0 Å². The molecule has 3 aromatic rings. The van der Waals surface area contributed by atoms with Crippen LogP contribution in [0.3, 0.4) is 0 Å². The van der Waals surface area contributed by atoms with E-state index in [1.165, 1.54) is 25.1 Å². The van der Waals surface area contributed by atoms with Gasteiger partial charge in [-0.05, 0) is 55.5 Å². The van der Waals surface area contributed by atoms with Gasteiger partial charge in [-0.2, -0.15) is 0 Å². The smallest absolute Gasteiger partial charge is 0.274 e. The molecule has 7 nitrogen and oxygen atoms in total. The Bertz CT molecular complexity index is 1000. The van der Waals surface area contributed by atoms with Gasteiger partial charge in [-0.1, -0.05) is 0 Å². The van der Waals surface area contributed by atoms with Crippen molar-refractivity contribution >= 4 is 34.7 Å². The highest BCUT2D eigenvalue weighted by Gasteiger charge is 2.11. The minimum absolute atomic E-state index is 0.172. The number of aryl methyl sites for hydroxylation is 1. The Balaban J connectivity index is 1.73. The number of amides is 2. The fourth-order valence-electron chi connectivity index (χ4n) is 2.46. The van der Waals surface area contributed by atoms with Crippen LogP contribution in [-0.2, 0) is 4.79 Å². The summed E-state index contributed by atoms with van der Waals surface area (Å²) in [6, 6.07) is 14.0. The van der Waals surface area contributed by atoms with Gasteiger partial charge in [-0.15, -0.1) is 0 Å². The number of nitrogens with zero attached hydrogens (tertiary/aromatic N) is 2. The molecule has 0 spiro atoms. The van der Waals surface area contributed by atoms with Gasteiger partial charge in [0.05, 0.1) is 0 Å². The fourth-order valence-corrected chi connectivity index (χ4v) is 2.46. The van der Waals surface area contributed by atoms with E-state index in [1.54, 1.807) is 43.3 Å². The van der Waals surface area contributed by atoms with E-state index in [2.05, 4.69) is 25.9 Å². The Morgan fingerprint density at radius 2 is 1.43 bits per heavy atom. The molecule has 0 aliphatic heterocycles. The first-order valence-corrected chi connectivity index (χ1v) is 8.46. The van der Waals surface area contributed by atoms with Crippen LogP contribution in [0.2, 0.25) is 0 Å². The highest BCUT2D eigenvalue weighted by atomic mass is 19.1. The number of nitrogens with one attached hydrogen (secondary N) is 3. The number of rotatable bonds is 5. The molecule has 0 unspecified atom stereocenters. The van der Waals surface area contributed by atoms with Gasteiger partial charge >= 0.3 is 0 Å². The largest absolute Gasteiger partial charge is 0.340 e. The number of hydrogen-bond acceptors (Lipinski definition) is 5. The van der Waals surface area contributed by atoms with Crippen molar-refractivity contribution in [2.45, 2.75) is 13.8 Å². The third kappa shape index (κ3) is 5.10. The van der Waals surface area contributed by atoms with E-state index >= 15 is 0 Å². The third-order valence-electron chi connectivity index (χ3n) is 3.65. The Morgan fingerprint density at radius 1 is 0.857 bits per heavy atom. The second-order valence-corrected chi connectivity index (χ2v) is 6.03. The molecule has 0 saturated carbocycles. The number of halogens is 1. The lowest BCUT2D eigenvalue weighted by molar-refractivity contribution is -0.114. The molecule has 0 radical (unpaired) electrons. The van der Waals surface area contributed by atoms with Crippen LogP contribution >= 0.6 is 0 Å². The van der Waals surface area contributed by atoms with Crippen molar-refractivity contribution in [3.05, 3.63) is 71.9 Å². The molecule has 3 rings (SSSR count). The van der Waals surface area contributed by atoms with Crippen LogP contribution in [0.15, 0.2) is 54.6 Å². The number of aromatic nitrogens is 2. The molecule has 3 N–H and O–H groups in total. The van der Waals surface area contributed by atoms with Crippen LogP contribution in [0, 0.1) is 12.7 Å². The fraction of sp³-hybridized carbons (Fsp3) is 0.100. The highest BCUT2D eigenvalue weighted by molar-refractivity contribution is 6.03. The average Bonchev–Trinajstić information content (AvgIpc) is 2.64. The number of carbonyl (C=O) groups is 2. The quantitative estimate of drug-likeness (QED) is 0.625. The van der Waals surface area contributed by atoms with Crippen molar-refractivity contribution in [1.82, 2.24) is 9.97 Å². The van der Waals surface area contributed by atoms with Gasteiger partial charge in [-0.3, -0.25) is 9.59 Å². The number of hydrogen-bond donors (Lipinski definition) is 3. The first-order chi connectivity index (χ1) is 13.4. The first-order valence-electron chi connectivity index (χ1n) is 8.46. The minimum Gasteiger partial charge on any atom is -0.340 e. The molecule has 0 aliphatic carbocycles. The summed E-state index contributed by atoms with van der Waals surface area (Å²) in [5.74, 6) is -0.0769. The summed E-state index contributed by atoms with van der Waals surface area (Å²) in [6.07, 6.45) is 0. The monoisotopic (exact) mass is 379 g/mol. The molecule has 0 atom stereocenters. The van der Waals surface area contributed by atoms with Crippen molar-refractivity contribution < 1.29 is 14.0 Å². The Kier molecular flexibility index (Phi) is 5.59. The van der Waals surface area contributed by atoms with Crippen molar-refractivity contribution in [2.24, 2.45) is 0 Å². The molecular formula is C20H18FN5O2. The predicted molar refractivity (Wildman–Crippen MR) is 105 cm³/mol. The molecule has 0 bridgehead atoms. The van der Waals surface area contributed by atoms with Gasteiger partial charge in [0.1, 0.15) is 23.2 Å². The minimum atomic E-state index is -0.403. The molecule has 8 heteroatoms. The van der Waals surface area contributed by atoms with Gasteiger partial charge in [0.2, 0.25) is 5.91 Å². The lowest BCUT2D eigenvalue weighted by Gasteiger charge is -2.10. The molecule has 1 aromatic heterocycles. The number of benzene rings is 2. The summed E-state index contributed by atoms with van der Waals surface area (Å²) < 4.78 is 13.0. The van der Waals surface area contributed by atoms with Gasteiger partial charge in [0, 0.05) is 30.1 Å². The lowest BCUT2D eigenvalue weighted by atomic mass is 10.2. The predicted octanol–water partition coefficient (Wildman–Crippen LogP) is 3.88. The normalized spacial score (nSPS) is 10.2. The van der Waals surface area contributed by atoms with E-state index in [4.69, 9.17) is 0 Å². The van der Waals surface area contributed by atoms with E-state index in [0.29, 0.717) is 28.7 Å². The SMILES string of the molecule is CC(=O)Nc1ccc(NC(=O)c2cc(Nc3ccc(F)cc3)nc(C)n2)cc1. The van der Waals surface area contributed by atoms with Gasteiger partial charge in [0.25, 0.3) is 5.91 Å². The van der Waals surface area contributed by atoms with Crippen LogP contribution in [-0.4, -0.2) is 21.8 Å². The van der Waals surface area contributed by atoms with Crippen LogP contribution in [0.1, 0.15) is 23.2 Å². The molecule has 0 aliphatic rings. The standard InChI is InChI=1S/C20H18FN5O2/c1-12-22-18(11-19(23-12)25-16-5-3-14(21)4-6-16)20(28)26-17-9-7-15(8-10-17)24-13(2)27/h3-11H,1-2H3,(H,24,27)(H,26,28)(H,22,23,25). The maximum absolute atomic E-state index is 13.0. The Morgan fingerprint density at radius 3 is 2.04 bits per heavy atom. The molecule has 0 saturated heterocycles. The number of carbonyl (C=O) groups excluding carboxylic acids is 2. The molecule has 142 valence electrons. The van der Waals surface area contributed by atoms with Crippen molar-refractivity contribution in [2.75, 3.05) is 16.0 Å². The zero-order valence-electron chi connectivity index (χ0n) is 15.3. The summed E-state index contributed by atoms with van der Waals surface area (Å²) in [7, 11) is 0. The van der Waals surface area contributed by atoms with Crippen molar-refractivity contribution in [3.8, 4) is 0 Å². The van der Waals surface area contributed by atoms with Crippen molar-refractivity contribution in [3.63, 3.8) is 0 Å². The maximum atomic E-state index is 13.0. The van der Waals surface area contributed by atoms with Gasteiger partial charge in [-0.25, -0.2) is 14.4 Å².